The third-order valence-corrected chi connectivity index (χ3v) is 3.06. The van der Waals surface area contributed by atoms with Crippen LogP contribution in [0, 0.1) is 0 Å². The first-order valence-corrected chi connectivity index (χ1v) is 6.42. The van der Waals surface area contributed by atoms with Crippen LogP contribution in [0.2, 0.25) is 0 Å². The van der Waals surface area contributed by atoms with Crippen LogP contribution in [0.4, 0.5) is 0 Å². The summed E-state index contributed by atoms with van der Waals surface area (Å²) in [5, 5.41) is 6.70. The first-order valence-electron chi connectivity index (χ1n) is 6.42. The Bertz CT molecular complexity index is 296. The van der Waals surface area contributed by atoms with E-state index < -0.39 is 0 Å². The number of hydrogen-bond acceptors (Lipinski definition) is 3. The Morgan fingerprint density at radius 3 is 2.41 bits per heavy atom. The highest BCUT2D eigenvalue weighted by atomic mass is 14.9. The van der Waals surface area contributed by atoms with E-state index in [1.54, 1.807) is 0 Å². The normalized spacial score (nSPS) is 11.7. The van der Waals surface area contributed by atoms with Gasteiger partial charge in [-0.25, -0.2) is 0 Å². The van der Waals surface area contributed by atoms with E-state index in [1.807, 2.05) is 19.4 Å². The number of hydrogen-bond donors (Lipinski definition) is 2. The summed E-state index contributed by atoms with van der Waals surface area (Å²) in [5.74, 6) is 0. The topological polar surface area (TPSA) is 37.0 Å². The first-order chi connectivity index (χ1) is 8.17. The van der Waals surface area contributed by atoms with Crippen molar-refractivity contribution in [1.82, 2.24) is 15.6 Å². The largest absolute Gasteiger partial charge is 0.320 e. The first kappa shape index (κ1) is 14.1. The molecule has 0 radical (unpaired) electrons. The van der Waals surface area contributed by atoms with Crippen LogP contribution in [-0.2, 0) is 5.41 Å². The SMILES string of the molecule is CNCCCCNCC(C)(C)c1ccncc1. The summed E-state index contributed by atoms with van der Waals surface area (Å²) >= 11 is 0. The molecule has 3 heteroatoms. The molecule has 1 heterocycles. The van der Waals surface area contributed by atoms with Crippen LogP contribution in [0.5, 0.6) is 0 Å². The minimum Gasteiger partial charge on any atom is -0.320 e. The third-order valence-electron chi connectivity index (χ3n) is 3.06. The number of nitrogens with one attached hydrogen (secondary N) is 2. The van der Waals surface area contributed by atoms with Crippen LogP contribution in [0.15, 0.2) is 24.5 Å². The Morgan fingerprint density at radius 1 is 1.12 bits per heavy atom. The van der Waals surface area contributed by atoms with Gasteiger partial charge in [-0.05, 0) is 50.7 Å². The zero-order chi connectivity index (χ0) is 12.6. The molecule has 0 aliphatic heterocycles. The van der Waals surface area contributed by atoms with Gasteiger partial charge in [-0.15, -0.1) is 0 Å². The van der Waals surface area contributed by atoms with Crippen LogP contribution in [0.1, 0.15) is 32.3 Å². The molecule has 96 valence electrons. The van der Waals surface area contributed by atoms with Gasteiger partial charge in [0.2, 0.25) is 0 Å². The summed E-state index contributed by atoms with van der Waals surface area (Å²) in [6, 6.07) is 4.20. The lowest BCUT2D eigenvalue weighted by Crippen LogP contribution is -2.33. The molecule has 17 heavy (non-hydrogen) atoms. The average Bonchev–Trinajstić information content (AvgIpc) is 2.35. The summed E-state index contributed by atoms with van der Waals surface area (Å²) in [6.45, 7) is 7.74. The molecule has 0 saturated carbocycles. The third kappa shape index (κ3) is 5.29. The second-order valence-corrected chi connectivity index (χ2v) is 5.11. The van der Waals surface area contributed by atoms with Crippen molar-refractivity contribution in [3.8, 4) is 0 Å². The maximum absolute atomic E-state index is 4.06. The van der Waals surface area contributed by atoms with Crippen LogP contribution < -0.4 is 10.6 Å². The molecule has 0 spiro atoms. The Kier molecular flexibility index (Phi) is 6.16. The van der Waals surface area contributed by atoms with Gasteiger partial charge in [0.05, 0.1) is 0 Å². The predicted octanol–water partition coefficient (Wildman–Crippen LogP) is 1.95. The van der Waals surface area contributed by atoms with Gasteiger partial charge in [0.15, 0.2) is 0 Å². The van der Waals surface area contributed by atoms with Gasteiger partial charge in [-0.1, -0.05) is 13.8 Å². The smallest absolute Gasteiger partial charge is 0.0270 e. The molecule has 0 aliphatic rings. The molecule has 0 saturated heterocycles. The summed E-state index contributed by atoms with van der Waals surface area (Å²) < 4.78 is 0. The minimum atomic E-state index is 0.173. The maximum Gasteiger partial charge on any atom is 0.0270 e. The van der Waals surface area contributed by atoms with E-state index in [0.717, 1.165) is 19.6 Å². The molecular formula is C14H25N3. The summed E-state index contributed by atoms with van der Waals surface area (Å²) in [5.41, 5.74) is 1.52. The van der Waals surface area contributed by atoms with Crippen LogP contribution in [0.3, 0.4) is 0 Å². The minimum absolute atomic E-state index is 0.173. The van der Waals surface area contributed by atoms with Crippen molar-refractivity contribution < 1.29 is 0 Å². The van der Waals surface area contributed by atoms with E-state index in [1.165, 1.54) is 18.4 Å². The van der Waals surface area contributed by atoms with E-state index in [4.69, 9.17) is 0 Å². The fourth-order valence-corrected chi connectivity index (χ4v) is 1.86. The molecule has 0 bridgehead atoms. The molecule has 0 aromatic carbocycles. The van der Waals surface area contributed by atoms with Gasteiger partial charge in [0.1, 0.15) is 0 Å². The predicted molar refractivity (Wildman–Crippen MR) is 73.3 cm³/mol. The van der Waals surface area contributed by atoms with Gasteiger partial charge in [0, 0.05) is 24.4 Å². The number of nitrogens with zero attached hydrogens (tertiary/aromatic N) is 1. The molecule has 0 fully saturated rings. The second kappa shape index (κ2) is 7.41. The van der Waals surface area contributed by atoms with Crippen LogP contribution in [-0.4, -0.2) is 31.7 Å². The highest BCUT2D eigenvalue weighted by Gasteiger charge is 2.19. The van der Waals surface area contributed by atoms with E-state index in [-0.39, 0.29) is 5.41 Å². The Morgan fingerprint density at radius 2 is 1.76 bits per heavy atom. The molecule has 0 atom stereocenters. The molecule has 0 aliphatic carbocycles. The average molecular weight is 235 g/mol. The standard InChI is InChI=1S/C14H25N3/c1-14(2,13-6-10-16-11-7-13)12-17-9-5-4-8-15-3/h6-7,10-11,15,17H,4-5,8-9,12H2,1-3H3. The van der Waals surface area contributed by atoms with Crippen LogP contribution >= 0.6 is 0 Å². The lowest BCUT2D eigenvalue weighted by atomic mass is 9.85. The second-order valence-electron chi connectivity index (χ2n) is 5.11. The zero-order valence-corrected chi connectivity index (χ0v) is 11.3. The quantitative estimate of drug-likeness (QED) is 0.676. The van der Waals surface area contributed by atoms with Gasteiger partial charge in [0.25, 0.3) is 0 Å². The van der Waals surface area contributed by atoms with E-state index in [0.29, 0.717) is 0 Å². The highest BCUT2D eigenvalue weighted by molar-refractivity contribution is 5.20. The lowest BCUT2D eigenvalue weighted by Gasteiger charge is -2.25. The van der Waals surface area contributed by atoms with Gasteiger partial charge in [-0.2, -0.15) is 0 Å². The molecule has 0 unspecified atom stereocenters. The maximum atomic E-state index is 4.06. The van der Waals surface area contributed by atoms with Crippen molar-refractivity contribution in [2.45, 2.75) is 32.1 Å². The van der Waals surface area contributed by atoms with Crippen molar-refractivity contribution in [1.29, 1.82) is 0 Å². The van der Waals surface area contributed by atoms with Crippen molar-refractivity contribution in [3.63, 3.8) is 0 Å². The fourth-order valence-electron chi connectivity index (χ4n) is 1.86. The van der Waals surface area contributed by atoms with Gasteiger partial charge >= 0.3 is 0 Å². The van der Waals surface area contributed by atoms with Crippen molar-refractivity contribution in [2.24, 2.45) is 0 Å². The summed E-state index contributed by atoms with van der Waals surface area (Å²) in [7, 11) is 2.00. The Labute approximate surface area is 105 Å². The number of aromatic nitrogens is 1. The van der Waals surface area contributed by atoms with Crippen LogP contribution in [0.25, 0.3) is 0 Å². The Hall–Kier alpha value is -0.930. The molecule has 2 N–H and O–H groups in total. The number of unbranched alkanes of at least 4 members (excludes halogenated alkanes) is 1. The molecule has 3 nitrogen and oxygen atoms in total. The molecule has 1 aromatic heterocycles. The fraction of sp³-hybridized carbons (Fsp3) is 0.643. The highest BCUT2D eigenvalue weighted by Crippen LogP contribution is 2.20. The zero-order valence-electron chi connectivity index (χ0n) is 11.3. The summed E-state index contributed by atoms with van der Waals surface area (Å²) in [6.07, 6.45) is 6.19. The molecule has 0 amide bonds. The van der Waals surface area contributed by atoms with E-state index >= 15 is 0 Å². The number of pyridine rings is 1. The Balaban J connectivity index is 2.26. The lowest BCUT2D eigenvalue weighted by molar-refractivity contribution is 0.462. The van der Waals surface area contributed by atoms with Gasteiger partial charge < -0.3 is 10.6 Å². The molecule has 1 aromatic rings. The van der Waals surface area contributed by atoms with E-state index in [9.17, 15) is 0 Å². The van der Waals surface area contributed by atoms with Gasteiger partial charge in [-0.3, -0.25) is 4.98 Å². The van der Waals surface area contributed by atoms with Crippen molar-refractivity contribution >= 4 is 0 Å². The molecular weight excluding hydrogens is 210 g/mol. The van der Waals surface area contributed by atoms with Crippen molar-refractivity contribution in [2.75, 3.05) is 26.7 Å². The number of rotatable bonds is 8. The molecule has 1 rings (SSSR count). The summed E-state index contributed by atoms with van der Waals surface area (Å²) in [4.78, 5) is 4.06. The van der Waals surface area contributed by atoms with Crippen molar-refractivity contribution in [3.05, 3.63) is 30.1 Å². The monoisotopic (exact) mass is 235 g/mol. The van der Waals surface area contributed by atoms with E-state index in [2.05, 4.69) is 41.6 Å².